The third-order valence-electron chi connectivity index (χ3n) is 6.84. The van der Waals surface area contributed by atoms with Crippen molar-refractivity contribution in [2.45, 2.75) is 71.1 Å². The van der Waals surface area contributed by atoms with Gasteiger partial charge in [-0.3, -0.25) is 4.79 Å². The van der Waals surface area contributed by atoms with Crippen LogP contribution in [0, 0.1) is 11.8 Å². The van der Waals surface area contributed by atoms with Crippen LogP contribution in [0.3, 0.4) is 0 Å². The van der Waals surface area contributed by atoms with Crippen molar-refractivity contribution >= 4 is 17.9 Å². The highest BCUT2D eigenvalue weighted by molar-refractivity contribution is 5.92. The zero-order valence-corrected chi connectivity index (χ0v) is 17.3. The van der Waals surface area contributed by atoms with Crippen LogP contribution in [0.25, 0.3) is 0 Å². The van der Waals surface area contributed by atoms with E-state index in [0.717, 1.165) is 11.1 Å². The van der Waals surface area contributed by atoms with E-state index in [1.54, 1.807) is 19.9 Å². The zero-order valence-electron chi connectivity index (χ0n) is 17.3. The van der Waals surface area contributed by atoms with Crippen LogP contribution in [0.4, 0.5) is 0 Å². The first-order chi connectivity index (χ1) is 13.6. The molecular weight excluding hydrogens is 376 g/mol. The molecule has 7 heteroatoms. The molecule has 2 heterocycles. The third-order valence-corrected chi connectivity index (χ3v) is 6.84. The summed E-state index contributed by atoms with van der Waals surface area (Å²) in [5.74, 6) is -2.35. The molecule has 0 aromatic carbocycles. The van der Waals surface area contributed by atoms with Crippen LogP contribution in [0.15, 0.2) is 34.9 Å². The van der Waals surface area contributed by atoms with Crippen molar-refractivity contribution in [3.8, 4) is 0 Å². The molecule has 2 saturated heterocycles. The molecule has 0 aromatic heterocycles. The van der Waals surface area contributed by atoms with Gasteiger partial charge in [0.2, 0.25) is 0 Å². The number of epoxide rings is 1. The number of ether oxygens (including phenoxy) is 4. The summed E-state index contributed by atoms with van der Waals surface area (Å²) in [6.45, 7) is 12.5. The molecule has 29 heavy (non-hydrogen) atoms. The molecule has 0 spiro atoms. The Morgan fingerprint density at radius 2 is 1.97 bits per heavy atom. The number of allylic oxidation sites excluding steroid dienone is 1. The zero-order chi connectivity index (χ0) is 21.2. The van der Waals surface area contributed by atoms with Crippen molar-refractivity contribution in [2.75, 3.05) is 0 Å². The molecule has 1 saturated carbocycles. The Morgan fingerprint density at radius 1 is 1.28 bits per heavy atom. The molecule has 0 N–H and O–H groups in total. The van der Waals surface area contributed by atoms with E-state index in [1.165, 1.54) is 6.92 Å². The van der Waals surface area contributed by atoms with Crippen molar-refractivity contribution in [1.29, 1.82) is 0 Å². The Labute approximate surface area is 169 Å². The molecule has 7 nitrogen and oxygen atoms in total. The molecule has 2 aliphatic carbocycles. The standard InChI is InChI=1S/C22H26O7/c1-7-9(2)20(24)28-19-15-11(4)21(25)27-18(15)16-13(8-14-22(16,6)29-14)10(3)17(19)26-12(5)23/h7,14-19H,4,8H2,1-3,5-6H3/b9-7-/t14-,15+,16+,17-,18+,19-,22-/m1/s1. The Morgan fingerprint density at radius 3 is 2.59 bits per heavy atom. The van der Waals surface area contributed by atoms with Crippen LogP contribution in [0.5, 0.6) is 0 Å². The largest absolute Gasteiger partial charge is 0.457 e. The Hall–Kier alpha value is -2.41. The summed E-state index contributed by atoms with van der Waals surface area (Å²) in [6.07, 6.45) is 0.0542. The van der Waals surface area contributed by atoms with Gasteiger partial charge in [0.05, 0.1) is 12.0 Å². The number of carbonyl (C=O) groups is 3. The van der Waals surface area contributed by atoms with Gasteiger partial charge in [-0.2, -0.15) is 0 Å². The Balaban J connectivity index is 1.84. The van der Waals surface area contributed by atoms with Crippen LogP contribution in [0.1, 0.15) is 41.0 Å². The SMILES string of the molecule is C=C1C(=O)O[C@H]2[C@H]1[C@@H](OC(=O)/C(C)=C\C)[C@H](OC(C)=O)C(C)=C1C[C@H]3O[C@@]3(C)[C@@H]12. The van der Waals surface area contributed by atoms with E-state index in [0.29, 0.717) is 12.0 Å². The highest BCUT2D eigenvalue weighted by atomic mass is 16.6. The van der Waals surface area contributed by atoms with Gasteiger partial charge in [0.15, 0.2) is 12.2 Å². The monoisotopic (exact) mass is 402 g/mol. The first-order valence-corrected chi connectivity index (χ1v) is 9.88. The smallest absolute Gasteiger partial charge is 0.334 e. The fraction of sp³-hybridized carbons (Fsp3) is 0.591. The van der Waals surface area contributed by atoms with E-state index in [9.17, 15) is 14.4 Å². The lowest BCUT2D eigenvalue weighted by molar-refractivity contribution is -0.166. The third kappa shape index (κ3) is 2.86. The fourth-order valence-electron chi connectivity index (χ4n) is 5.08. The number of rotatable bonds is 3. The molecule has 0 unspecified atom stereocenters. The molecule has 156 valence electrons. The van der Waals surface area contributed by atoms with Gasteiger partial charge in [-0.15, -0.1) is 0 Å². The van der Waals surface area contributed by atoms with Crippen LogP contribution in [-0.4, -0.2) is 47.9 Å². The molecule has 0 aromatic rings. The fourth-order valence-corrected chi connectivity index (χ4v) is 5.08. The Kier molecular flexibility index (Phi) is 4.49. The number of hydrogen-bond donors (Lipinski definition) is 0. The lowest BCUT2D eigenvalue weighted by Gasteiger charge is -2.32. The maximum absolute atomic E-state index is 12.6. The van der Waals surface area contributed by atoms with Gasteiger partial charge in [-0.1, -0.05) is 18.2 Å². The maximum Gasteiger partial charge on any atom is 0.334 e. The molecule has 4 aliphatic rings. The van der Waals surface area contributed by atoms with Gasteiger partial charge in [-0.05, 0) is 39.7 Å². The van der Waals surface area contributed by atoms with Crippen molar-refractivity contribution in [1.82, 2.24) is 0 Å². The average Bonchev–Trinajstić information content (AvgIpc) is 3.12. The van der Waals surface area contributed by atoms with Crippen molar-refractivity contribution in [2.24, 2.45) is 11.8 Å². The van der Waals surface area contributed by atoms with Crippen molar-refractivity contribution in [3.05, 3.63) is 34.9 Å². The summed E-state index contributed by atoms with van der Waals surface area (Å²) in [7, 11) is 0. The van der Waals surface area contributed by atoms with Gasteiger partial charge < -0.3 is 18.9 Å². The Bertz CT molecular complexity index is 882. The van der Waals surface area contributed by atoms with Gasteiger partial charge in [-0.25, -0.2) is 9.59 Å². The number of hydrogen-bond acceptors (Lipinski definition) is 7. The molecule has 4 rings (SSSR count). The van der Waals surface area contributed by atoms with Crippen molar-refractivity contribution < 1.29 is 33.3 Å². The lowest BCUT2D eigenvalue weighted by Crippen LogP contribution is -2.45. The second kappa shape index (κ2) is 6.55. The van der Waals surface area contributed by atoms with Gasteiger partial charge >= 0.3 is 17.9 Å². The van der Waals surface area contributed by atoms with Gasteiger partial charge in [0.25, 0.3) is 0 Å². The normalized spacial score (nSPS) is 40.5. The molecule has 7 atom stereocenters. The van der Waals surface area contributed by atoms with Crippen LogP contribution in [0.2, 0.25) is 0 Å². The van der Waals surface area contributed by atoms with Crippen LogP contribution < -0.4 is 0 Å². The average molecular weight is 402 g/mol. The summed E-state index contributed by atoms with van der Waals surface area (Å²) in [4.78, 5) is 37.0. The summed E-state index contributed by atoms with van der Waals surface area (Å²) < 4.78 is 23.1. The first kappa shape index (κ1) is 19.9. The summed E-state index contributed by atoms with van der Waals surface area (Å²) >= 11 is 0. The molecular formula is C22H26O7. The molecule has 0 bridgehead atoms. The summed E-state index contributed by atoms with van der Waals surface area (Å²) in [5, 5.41) is 0. The number of fused-ring (bicyclic) bond motifs is 5. The molecule has 2 aliphatic heterocycles. The van der Waals surface area contributed by atoms with Crippen LogP contribution in [-0.2, 0) is 33.3 Å². The highest BCUT2D eigenvalue weighted by Crippen LogP contribution is 2.62. The molecule has 0 amide bonds. The molecule has 3 fully saturated rings. The van der Waals surface area contributed by atoms with Gasteiger partial charge in [0, 0.05) is 24.0 Å². The second-order valence-electron chi connectivity index (χ2n) is 8.47. The first-order valence-electron chi connectivity index (χ1n) is 9.88. The van der Waals surface area contributed by atoms with Crippen molar-refractivity contribution in [3.63, 3.8) is 0 Å². The topological polar surface area (TPSA) is 91.4 Å². The highest BCUT2D eigenvalue weighted by Gasteiger charge is 2.71. The van der Waals surface area contributed by atoms with Gasteiger partial charge in [0.1, 0.15) is 11.7 Å². The minimum absolute atomic E-state index is 0.0491. The van der Waals surface area contributed by atoms with E-state index in [4.69, 9.17) is 18.9 Å². The minimum Gasteiger partial charge on any atom is -0.457 e. The second-order valence-corrected chi connectivity index (χ2v) is 8.47. The summed E-state index contributed by atoms with van der Waals surface area (Å²) in [5.41, 5.74) is 2.09. The van der Waals surface area contributed by atoms with E-state index >= 15 is 0 Å². The predicted molar refractivity (Wildman–Crippen MR) is 101 cm³/mol. The van der Waals surface area contributed by atoms with E-state index < -0.39 is 47.7 Å². The molecule has 0 radical (unpaired) electrons. The predicted octanol–water partition coefficient (Wildman–Crippen LogP) is 2.40. The van der Waals surface area contributed by atoms with E-state index in [2.05, 4.69) is 6.58 Å². The summed E-state index contributed by atoms with van der Waals surface area (Å²) in [6, 6.07) is 0. The quantitative estimate of drug-likeness (QED) is 0.235. The van der Waals surface area contributed by atoms with E-state index in [1.807, 2.05) is 13.8 Å². The van der Waals surface area contributed by atoms with E-state index in [-0.39, 0.29) is 17.6 Å². The lowest BCUT2D eigenvalue weighted by atomic mass is 9.79. The minimum atomic E-state index is -0.913. The maximum atomic E-state index is 12.6. The van der Waals surface area contributed by atoms with Crippen LogP contribution >= 0.6 is 0 Å². The number of esters is 3. The number of carbonyl (C=O) groups excluding carboxylic acids is 3.